The highest BCUT2D eigenvalue weighted by atomic mass is 32.2. The smallest absolute Gasteiger partial charge is 0.367 e. The summed E-state index contributed by atoms with van der Waals surface area (Å²) in [6.45, 7) is -0.0519. The Morgan fingerprint density at radius 1 is 1.17 bits per heavy atom. The minimum atomic E-state index is -4.38. The number of aromatic nitrogens is 2. The SMILES string of the molecule is CCS(=O)(=O)c1cccnc1-c1ccc(COCC(F)(F)F)cn1. The summed E-state index contributed by atoms with van der Waals surface area (Å²) < 4.78 is 64.8. The Kier molecular flexibility index (Phi) is 5.55. The lowest BCUT2D eigenvalue weighted by Crippen LogP contribution is -2.16. The molecule has 130 valence electrons. The Hall–Kier alpha value is -2.00. The first-order valence-electron chi connectivity index (χ1n) is 7.00. The zero-order valence-corrected chi connectivity index (χ0v) is 13.6. The number of hydrogen-bond acceptors (Lipinski definition) is 5. The standard InChI is InChI=1S/C15H15F3N2O3S/c1-2-24(21,22)13-4-3-7-19-14(13)12-6-5-11(8-20-12)9-23-10-15(16,17)18/h3-8H,2,9-10H2,1H3. The molecule has 0 aromatic carbocycles. The van der Waals surface area contributed by atoms with Crippen LogP contribution in [-0.2, 0) is 21.2 Å². The third kappa shape index (κ3) is 4.75. The Morgan fingerprint density at radius 3 is 2.50 bits per heavy atom. The fourth-order valence-corrected chi connectivity index (χ4v) is 2.97. The van der Waals surface area contributed by atoms with Crippen LogP contribution < -0.4 is 0 Å². The van der Waals surface area contributed by atoms with Gasteiger partial charge in [-0.15, -0.1) is 0 Å². The van der Waals surface area contributed by atoms with Gasteiger partial charge in [-0.1, -0.05) is 13.0 Å². The Bertz CT molecular complexity index is 790. The average Bonchev–Trinajstić information content (AvgIpc) is 2.54. The molecule has 0 unspecified atom stereocenters. The van der Waals surface area contributed by atoms with E-state index in [4.69, 9.17) is 0 Å². The summed E-state index contributed by atoms with van der Waals surface area (Å²) >= 11 is 0. The van der Waals surface area contributed by atoms with Crippen LogP contribution in [0, 0.1) is 0 Å². The lowest BCUT2D eigenvalue weighted by atomic mass is 10.2. The predicted octanol–water partition coefficient (Wildman–Crippen LogP) is 3.02. The number of alkyl halides is 3. The van der Waals surface area contributed by atoms with Crippen molar-refractivity contribution in [3.8, 4) is 11.4 Å². The topological polar surface area (TPSA) is 69.2 Å². The molecular formula is C15H15F3N2O3S. The number of ether oxygens (including phenoxy) is 1. The van der Waals surface area contributed by atoms with Gasteiger partial charge in [0, 0.05) is 12.4 Å². The van der Waals surface area contributed by atoms with E-state index in [9.17, 15) is 21.6 Å². The van der Waals surface area contributed by atoms with Crippen molar-refractivity contribution in [2.24, 2.45) is 0 Å². The summed E-state index contributed by atoms with van der Waals surface area (Å²) in [4.78, 5) is 8.22. The quantitative estimate of drug-likeness (QED) is 0.792. The molecule has 2 aromatic rings. The van der Waals surface area contributed by atoms with Crippen molar-refractivity contribution in [3.63, 3.8) is 0 Å². The minimum absolute atomic E-state index is 0.0704. The summed E-state index contributed by atoms with van der Waals surface area (Å²) in [7, 11) is -3.47. The van der Waals surface area contributed by atoms with Crippen LogP contribution in [0.1, 0.15) is 12.5 Å². The van der Waals surface area contributed by atoms with Gasteiger partial charge in [0.1, 0.15) is 12.3 Å². The highest BCUT2D eigenvalue weighted by Gasteiger charge is 2.27. The van der Waals surface area contributed by atoms with Gasteiger partial charge in [-0.05, 0) is 23.8 Å². The van der Waals surface area contributed by atoms with E-state index in [1.54, 1.807) is 0 Å². The van der Waals surface area contributed by atoms with Gasteiger partial charge >= 0.3 is 6.18 Å². The summed E-state index contributed by atoms with van der Waals surface area (Å²) in [5, 5.41) is 0. The molecule has 0 saturated carbocycles. The van der Waals surface area contributed by atoms with Crippen molar-refractivity contribution in [1.29, 1.82) is 0 Å². The number of halogens is 3. The molecule has 0 aliphatic heterocycles. The number of nitrogens with zero attached hydrogens (tertiary/aromatic N) is 2. The lowest BCUT2D eigenvalue weighted by Gasteiger charge is -2.09. The summed E-state index contributed by atoms with van der Waals surface area (Å²) in [5.41, 5.74) is 0.975. The molecule has 0 spiro atoms. The first-order valence-corrected chi connectivity index (χ1v) is 8.66. The number of sulfone groups is 1. The molecule has 0 radical (unpaired) electrons. The van der Waals surface area contributed by atoms with Crippen molar-refractivity contribution in [3.05, 3.63) is 42.2 Å². The molecule has 0 amide bonds. The van der Waals surface area contributed by atoms with Crippen molar-refractivity contribution in [2.75, 3.05) is 12.4 Å². The molecule has 2 heterocycles. The van der Waals surface area contributed by atoms with Gasteiger partial charge in [-0.3, -0.25) is 9.97 Å². The van der Waals surface area contributed by atoms with Gasteiger partial charge < -0.3 is 4.74 Å². The van der Waals surface area contributed by atoms with Crippen LogP contribution in [0.15, 0.2) is 41.6 Å². The molecule has 0 atom stereocenters. The van der Waals surface area contributed by atoms with Crippen LogP contribution in [0.4, 0.5) is 13.2 Å². The van der Waals surface area contributed by atoms with Crippen LogP contribution in [0.25, 0.3) is 11.4 Å². The van der Waals surface area contributed by atoms with E-state index in [0.717, 1.165) is 0 Å². The largest absolute Gasteiger partial charge is 0.411 e. The highest BCUT2D eigenvalue weighted by molar-refractivity contribution is 7.91. The Labute approximate surface area is 137 Å². The lowest BCUT2D eigenvalue weighted by molar-refractivity contribution is -0.176. The van der Waals surface area contributed by atoms with Crippen molar-refractivity contribution in [1.82, 2.24) is 9.97 Å². The van der Waals surface area contributed by atoms with Crippen LogP contribution >= 0.6 is 0 Å². The fourth-order valence-electron chi connectivity index (χ4n) is 1.92. The van der Waals surface area contributed by atoms with Gasteiger partial charge in [0.05, 0.1) is 22.9 Å². The molecule has 0 aliphatic rings. The number of hydrogen-bond donors (Lipinski definition) is 0. The molecule has 24 heavy (non-hydrogen) atoms. The molecule has 0 saturated heterocycles. The average molecular weight is 360 g/mol. The Morgan fingerprint density at radius 2 is 1.92 bits per heavy atom. The third-order valence-corrected chi connectivity index (χ3v) is 4.85. The van der Waals surface area contributed by atoms with Gasteiger partial charge in [-0.2, -0.15) is 13.2 Å². The first kappa shape index (κ1) is 18.3. The monoisotopic (exact) mass is 360 g/mol. The molecule has 5 nitrogen and oxygen atoms in total. The molecule has 0 bridgehead atoms. The van der Waals surface area contributed by atoms with Crippen molar-refractivity contribution in [2.45, 2.75) is 24.6 Å². The van der Waals surface area contributed by atoms with Crippen LogP contribution in [0.5, 0.6) is 0 Å². The number of pyridine rings is 2. The van der Waals surface area contributed by atoms with Gasteiger partial charge in [-0.25, -0.2) is 8.42 Å². The van der Waals surface area contributed by atoms with E-state index in [1.807, 2.05) is 0 Å². The van der Waals surface area contributed by atoms with E-state index < -0.39 is 22.6 Å². The maximum Gasteiger partial charge on any atom is 0.411 e. The Balaban J connectivity index is 2.20. The first-order chi connectivity index (χ1) is 11.2. The maximum absolute atomic E-state index is 12.1. The molecular weight excluding hydrogens is 345 g/mol. The predicted molar refractivity (Wildman–Crippen MR) is 80.9 cm³/mol. The van der Waals surface area contributed by atoms with Crippen molar-refractivity contribution < 1.29 is 26.3 Å². The third-order valence-electron chi connectivity index (χ3n) is 3.09. The van der Waals surface area contributed by atoms with Gasteiger partial charge in [0.15, 0.2) is 9.84 Å². The van der Waals surface area contributed by atoms with E-state index in [0.29, 0.717) is 11.3 Å². The molecule has 2 aromatic heterocycles. The minimum Gasteiger partial charge on any atom is -0.367 e. The van der Waals surface area contributed by atoms with Gasteiger partial charge in [0.2, 0.25) is 0 Å². The van der Waals surface area contributed by atoms with E-state index in [2.05, 4.69) is 14.7 Å². The van der Waals surface area contributed by atoms with Crippen molar-refractivity contribution >= 4 is 9.84 Å². The molecule has 0 N–H and O–H groups in total. The van der Waals surface area contributed by atoms with E-state index >= 15 is 0 Å². The van der Waals surface area contributed by atoms with Crippen LogP contribution in [0.2, 0.25) is 0 Å². The zero-order valence-electron chi connectivity index (χ0n) is 12.7. The normalized spacial score (nSPS) is 12.3. The summed E-state index contributed by atoms with van der Waals surface area (Å²) in [6.07, 6.45) is -1.60. The second-order valence-electron chi connectivity index (χ2n) is 4.91. The second kappa shape index (κ2) is 7.27. The van der Waals surface area contributed by atoms with E-state index in [1.165, 1.54) is 43.6 Å². The molecule has 0 fully saturated rings. The van der Waals surface area contributed by atoms with Gasteiger partial charge in [0.25, 0.3) is 0 Å². The van der Waals surface area contributed by atoms with Crippen LogP contribution in [0.3, 0.4) is 0 Å². The van der Waals surface area contributed by atoms with E-state index in [-0.39, 0.29) is 22.9 Å². The fraction of sp³-hybridized carbons (Fsp3) is 0.333. The summed E-state index contributed by atoms with van der Waals surface area (Å²) in [6, 6.07) is 5.99. The van der Waals surface area contributed by atoms with Crippen LogP contribution in [-0.4, -0.2) is 36.9 Å². The summed E-state index contributed by atoms with van der Waals surface area (Å²) in [5.74, 6) is -0.0743. The zero-order chi connectivity index (χ0) is 17.8. The number of rotatable bonds is 6. The second-order valence-corrected chi connectivity index (χ2v) is 7.16. The highest BCUT2D eigenvalue weighted by Crippen LogP contribution is 2.24. The molecule has 2 rings (SSSR count). The molecule has 9 heteroatoms. The maximum atomic E-state index is 12.1. The molecule has 0 aliphatic carbocycles.